The number of hydrogen-bond acceptors (Lipinski definition) is 2. The van der Waals surface area contributed by atoms with Gasteiger partial charge in [0.2, 0.25) is 0 Å². The second kappa shape index (κ2) is 6.75. The van der Waals surface area contributed by atoms with Crippen LogP contribution in [0.4, 0.5) is 0 Å². The highest BCUT2D eigenvalue weighted by atomic mass is 15.1. The van der Waals surface area contributed by atoms with E-state index in [4.69, 9.17) is 4.98 Å². The van der Waals surface area contributed by atoms with Crippen LogP contribution in [0.15, 0.2) is 0 Å². The fourth-order valence-corrected chi connectivity index (χ4v) is 3.34. The summed E-state index contributed by atoms with van der Waals surface area (Å²) in [5, 5.41) is 3.46. The fourth-order valence-electron chi connectivity index (χ4n) is 3.34. The van der Waals surface area contributed by atoms with Gasteiger partial charge in [0.1, 0.15) is 5.82 Å². The van der Waals surface area contributed by atoms with E-state index in [1.807, 2.05) is 0 Å². The molecule has 0 saturated heterocycles. The number of nitrogens with one attached hydrogen (secondary N) is 1. The summed E-state index contributed by atoms with van der Waals surface area (Å²) in [6, 6.07) is 0. The quantitative estimate of drug-likeness (QED) is 0.732. The molecule has 1 fully saturated rings. The molecule has 0 radical (unpaired) electrons. The van der Waals surface area contributed by atoms with Crippen molar-refractivity contribution in [1.29, 1.82) is 0 Å². The molecule has 2 heterocycles. The van der Waals surface area contributed by atoms with E-state index >= 15 is 0 Å². The Kier molecular flexibility index (Phi) is 4.77. The van der Waals surface area contributed by atoms with Crippen LogP contribution in [-0.4, -0.2) is 16.1 Å². The maximum Gasteiger partial charge on any atom is 0.112 e. The van der Waals surface area contributed by atoms with Crippen molar-refractivity contribution < 1.29 is 0 Å². The molecule has 0 atom stereocenters. The Morgan fingerprint density at radius 2 is 1.95 bits per heavy atom. The lowest BCUT2D eigenvalue weighted by molar-refractivity contribution is 0.524. The van der Waals surface area contributed by atoms with Gasteiger partial charge >= 0.3 is 0 Å². The van der Waals surface area contributed by atoms with Gasteiger partial charge in [-0.2, -0.15) is 0 Å². The van der Waals surface area contributed by atoms with E-state index < -0.39 is 0 Å². The highest BCUT2D eigenvalue weighted by molar-refractivity contribution is 5.24. The lowest BCUT2D eigenvalue weighted by atomic mass is 10.1. The molecule has 1 aromatic heterocycles. The van der Waals surface area contributed by atoms with Crippen molar-refractivity contribution in [3.05, 3.63) is 17.2 Å². The highest BCUT2D eigenvalue weighted by Gasteiger charge is 2.31. The van der Waals surface area contributed by atoms with Crippen molar-refractivity contribution in [3.63, 3.8) is 0 Å². The molecule has 1 aliphatic heterocycles. The maximum atomic E-state index is 4.94. The van der Waals surface area contributed by atoms with Gasteiger partial charge in [-0.3, -0.25) is 0 Å². The van der Waals surface area contributed by atoms with Gasteiger partial charge in [0.15, 0.2) is 0 Å². The van der Waals surface area contributed by atoms with Gasteiger partial charge in [-0.05, 0) is 19.3 Å². The van der Waals surface area contributed by atoms with Crippen LogP contribution >= 0.6 is 0 Å². The number of hydrogen-bond donors (Lipinski definition) is 1. The zero-order chi connectivity index (χ0) is 13.8. The lowest BCUT2D eigenvalue weighted by Gasteiger charge is -2.16. The molecule has 0 unspecified atom stereocenters. The van der Waals surface area contributed by atoms with E-state index in [-0.39, 0.29) is 0 Å². The summed E-state index contributed by atoms with van der Waals surface area (Å²) >= 11 is 0. The lowest BCUT2D eigenvalue weighted by Crippen LogP contribution is -2.25. The van der Waals surface area contributed by atoms with Crippen molar-refractivity contribution in [3.8, 4) is 0 Å². The standard InChI is InChI=1S/C17H29N3/c1-2-3-4-5-6-7-12-20-16-10-11-18-13-15(16)19-17(20)14-8-9-14/h14,18H,2-13H2,1H3. The number of aromatic nitrogens is 2. The first-order chi connectivity index (χ1) is 9.90. The molecule has 0 bridgehead atoms. The zero-order valence-electron chi connectivity index (χ0n) is 13.0. The van der Waals surface area contributed by atoms with Crippen molar-refractivity contribution in [2.45, 2.75) is 83.7 Å². The fraction of sp³-hybridized carbons (Fsp3) is 0.824. The summed E-state index contributed by atoms with van der Waals surface area (Å²) < 4.78 is 2.59. The molecule has 1 N–H and O–H groups in total. The second-order valence-corrected chi connectivity index (χ2v) is 6.48. The van der Waals surface area contributed by atoms with Gasteiger partial charge in [0.25, 0.3) is 0 Å². The van der Waals surface area contributed by atoms with Crippen LogP contribution in [0.2, 0.25) is 0 Å². The minimum Gasteiger partial charge on any atom is -0.331 e. The molecule has 2 aliphatic rings. The molecule has 1 saturated carbocycles. The van der Waals surface area contributed by atoms with Crippen LogP contribution < -0.4 is 5.32 Å². The summed E-state index contributed by atoms with van der Waals surface area (Å²) in [6.07, 6.45) is 12.2. The predicted molar refractivity (Wildman–Crippen MR) is 83.0 cm³/mol. The molecule has 3 heteroatoms. The first-order valence-corrected chi connectivity index (χ1v) is 8.69. The molecule has 1 aromatic rings. The first-order valence-electron chi connectivity index (χ1n) is 8.69. The van der Waals surface area contributed by atoms with Crippen molar-refractivity contribution in [2.75, 3.05) is 6.54 Å². The van der Waals surface area contributed by atoms with Gasteiger partial charge in [0.05, 0.1) is 5.69 Å². The van der Waals surface area contributed by atoms with Gasteiger partial charge < -0.3 is 9.88 Å². The largest absolute Gasteiger partial charge is 0.331 e. The Bertz CT molecular complexity index is 432. The Morgan fingerprint density at radius 1 is 1.15 bits per heavy atom. The van der Waals surface area contributed by atoms with Crippen LogP contribution in [0, 0.1) is 0 Å². The third kappa shape index (κ3) is 3.25. The van der Waals surface area contributed by atoms with E-state index in [0.29, 0.717) is 0 Å². The summed E-state index contributed by atoms with van der Waals surface area (Å²) in [6.45, 7) is 5.60. The second-order valence-electron chi connectivity index (χ2n) is 6.48. The summed E-state index contributed by atoms with van der Waals surface area (Å²) in [5.41, 5.74) is 2.88. The molecule has 0 aromatic carbocycles. The first kappa shape index (κ1) is 14.1. The summed E-state index contributed by atoms with van der Waals surface area (Å²) in [7, 11) is 0. The van der Waals surface area contributed by atoms with E-state index in [9.17, 15) is 0 Å². The topological polar surface area (TPSA) is 29.9 Å². The molecule has 0 spiro atoms. The third-order valence-corrected chi connectivity index (χ3v) is 4.69. The van der Waals surface area contributed by atoms with E-state index in [2.05, 4.69) is 16.8 Å². The molecule has 112 valence electrons. The van der Waals surface area contributed by atoms with Gasteiger partial charge in [0, 0.05) is 37.7 Å². The van der Waals surface area contributed by atoms with Crippen molar-refractivity contribution >= 4 is 0 Å². The molecule has 3 rings (SSSR count). The predicted octanol–water partition coefficient (Wildman–Crippen LogP) is 3.77. The van der Waals surface area contributed by atoms with Crippen LogP contribution in [0.3, 0.4) is 0 Å². The van der Waals surface area contributed by atoms with Crippen molar-refractivity contribution in [1.82, 2.24) is 14.9 Å². The monoisotopic (exact) mass is 275 g/mol. The van der Waals surface area contributed by atoms with Gasteiger partial charge in [-0.15, -0.1) is 0 Å². The third-order valence-electron chi connectivity index (χ3n) is 4.69. The van der Waals surface area contributed by atoms with Crippen LogP contribution in [-0.2, 0) is 19.5 Å². The smallest absolute Gasteiger partial charge is 0.112 e. The number of fused-ring (bicyclic) bond motifs is 1. The number of imidazole rings is 1. The molecular formula is C17H29N3. The Labute approximate surface area is 123 Å². The SMILES string of the molecule is CCCCCCCCn1c(C2CC2)nc2c1CCNC2. The Morgan fingerprint density at radius 3 is 2.75 bits per heavy atom. The van der Waals surface area contributed by atoms with Gasteiger partial charge in [-0.1, -0.05) is 39.0 Å². The Balaban J connectivity index is 1.58. The summed E-state index contributed by atoms with van der Waals surface area (Å²) in [5.74, 6) is 2.19. The summed E-state index contributed by atoms with van der Waals surface area (Å²) in [4.78, 5) is 4.94. The van der Waals surface area contributed by atoms with Crippen molar-refractivity contribution in [2.24, 2.45) is 0 Å². The Hall–Kier alpha value is -0.830. The van der Waals surface area contributed by atoms with Crippen LogP contribution in [0.5, 0.6) is 0 Å². The number of nitrogens with zero attached hydrogens (tertiary/aromatic N) is 2. The maximum absolute atomic E-state index is 4.94. The minimum atomic E-state index is 0.778. The minimum absolute atomic E-state index is 0.778. The molecule has 0 amide bonds. The number of rotatable bonds is 8. The number of unbranched alkanes of at least 4 members (excludes halogenated alkanes) is 5. The molecular weight excluding hydrogens is 246 g/mol. The molecule has 20 heavy (non-hydrogen) atoms. The van der Waals surface area contributed by atoms with Crippen LogP contribution in [0.1, 0.15) is 81.4 Å². The average Bonchev–Trinajstić information content (AvgIpc) is 3.25. The zero-order valence-corrected chi connectivity index (χ0v) is 13.0. The normalized spacial score (nSPS) is 18.2. The molecule has 1 aliphatic carbocycles. The highest BCUT2D eigenvalue weighted by Crippen LogP contribution is 2.40. The van der Waals surface area contributed by atoms with E-state index in [1.54, 1.807) is 5.69 Å². The molecule has 3 nitrogen and oxygen atoms in total. The average molecular weight is 275 g/mol. The van der Waals surface area contributed by atoms with Crippen LogP contribution in [0.25, 0.3) is 0 Å². The van der Waals surface area contributed by atoms with E-state index in [1.165, 1.54) is 75.9 Å². The van der Waals surface area contributed by atoms with E-state index in [0.717, 1.165) is 19.0 Å². The van der Waals surface area contributed by atoms with Gasteiger partial charge in [-0.25, -0.2) is 4.98 Å².